The number of rotatable bonds is 5. The lowest BCUT2D eigenvalue weighted by molar-refractivity contribution is -0.188. The Kier molecular flexibility index (Phi) is 4.39. The minimum Gasteiger partial charge on any atom is -0.506 e. The average Bonchev–Trinajstić information content (AvgIpc) is 3.65. The molecule has 8 heteroatoms. The van der Waals surface area contributed by atoms with E-state index in [2.05, 4.69) is 16.0 Å². The quantitative estimate of drug-likeness (QED) is 0.562. The highest BCUT2D eigenvalue weighted by Gasteiger charge is 2.78. The fourth-order valence-corrected chi connectivity index (χ4v) is 8.85. The van der Waals surface area contributed by atoms with E-state index in [1.807, 2.05) is 6.07 Å². The van der Waals surface area contributed by atoms with Gasteiger partial charge in [-0.15, -0.1) is 0 Å². The van der Waals surface area contributed by atoms with E-state index in [4.69, 9.17) is 4.74 Å². The first-order valence-electron chi connectivity index (χ1n) is 13.9. The summed E-state index contributed by atoms with van der Waals surface area (Å²) in [4.78, 5) is 22.5. The van der Waals surface area contributed by atoms with E-state index >= 15 is 0 Å². The number of aromatic nitrogens is 1. The van der Waals surface area contributed by atoms with Crippen molar-refractivity contribution in [3.05, 3.63) is 58.9 Å². The highest BCUT2D eigenvalue weighted by Crippen LogP contribution is 2.74. The van der Waals surface area contributed by atoms with Gasteiger partial charge in [0.05, 0.1) is 12.0 Å². The molecule has 1 saturated heterocycles. The molecule has 0 unspecified atom stereocenters. The molecule has 3 N–H and O–H groups in total. The minimum atomic E-state index is -1.47. The molecule has 1 amide bonds. The van der Waals surface area contributed by atoms with Crippen LogP contribution < -0.4 is 4.74 Å². The van der Waals surface area contributed by atoms with Gasteiger partial charge >= 0.3 is 0 Å². The number of fused-ring (bicyclic) bond motifs is 1. The van der Waals surface area contributed by atoms with Gasteiger partial charge in [0.15, 0.2) is 11.5 Å². The Morgan fingerprint density at radius 2 is 2.03 bits per heavy atom. The highest BCUT2D eigenvalue weighted by molar-refractivity contribution is 5.97. The van der Waals surface area contributed by atoms with Crippen molar-refractivity contribution >= 4 is 5.91 Å². The molecule has 3 fully saturated rings. The number of piperidine rings is 1. The van der Waals surface area contributed by atoms with Gasteiger partial charge in [-0.3, -0.25) is 14.7 Å². The molecule has 8 nitrogen and oxygen atoms in total. The second-order valence-corrected chi connectivity index (χ2v) is 12.5. The maximum absolute atomic E-state index is 14.1. The minimum absolute atomic E-state index is 0.0395. The maximum Gasteiger partial charge on any atom is 0.252 e. The van der Waals surface area contributed by atoms with Gasteiger partial charge in [0.25, 0.3) is 5.91 Å². The van der Waals surface area contributed by atoms with Crippen LogP contribution in [0.2, 0.25) is 0 Å². The standard InChI is InChI=1S/C30H33N3O5/c1-32(16-20-21(34)3-2-11-31-20)26(36)19-14-28-8-9-30(19,37)27-29(28)10-12-33(15-17-4-5-17)23(28)13-18-6-7-22(35)25(38-27)24(18)29/h2-3,6-7,11,14,17,23,27,34-35,37H,4-5,8-10,12-13,15-16H2,1H3/t23-,27-,28-,29+,30-/m1/s1. The van der Waals surface area contributed by atoms with Gasteiger partial charge in [-0.1, -0.05) is 12.1 Å². The summed E-state index contributed by atoms with van der Waals surface area (Å²) in [6, 6.07) is 7.18. The zero-order valence-electron chi connectivity index (χ0n) is 21.6. The predicted molar refractivity (Wildman–Crippen MR) is 138 cm³/mol. The number of likely N-dealkylation sites (N-methyl/N-ethyl adjacent to an activating group) is 1. The third-order valence-electron chi connectivity index (χ3n) is 10.7. The molecule has 2 aromatic rings. The monoisotopic (exact) mass is 515 g/mol. The lowest BCUT2D eigenvalue weighted by Crippen LogP contribution is -2.78. The molecule has 7 aliphatic rings. The second-order valence-electron chi connectivity index (χ2n) is 12.5. The Balaban J connectivity index is 1.27. The normalized spacial score (nSPS) is 35.9. The van der Waals surface area contributed by atoms with Crippen LogP contribution >= 0.6 is 0 Å². The number of benzene rings is 1. The molecule has 198 valence electrons. The number of carbonyl (C=O) groups excluding carboxylic acids is 1. The van der Waals surface area contributed by atoms with Crippen LogP contribution in [0, 0.1) is 11.3 Å². The molecule has 2 aliphatic heterocycles. The van der Waals surface area contributed by atoms with Gasteiger partial charge in [-0.05, 0) is 74.8 Å². The van der Waals surface area contributed by atoms with Crippen LogP contribution in [0.3, 0.4) is 0 Å². The van der Waals surface area contributed by atoms with Crippen LogP contribution in [0.25, 0.3) is 0 Å². The molecule has 9 rings (SSSR count). The number of carbonyl (C=O) groups is 1. The lowest BCUT2D eigenvalue weighted by atomic mass is 9.38. The van der Waals surface area contributed by atoms with Gasteiger partial charge in [0, 0.05) is 42.4 Å². The summed E-state index contributed by atoms with van der Waals surface area (Å²) in [7, 11) is 1.69. The van der Waals surface area contributed by atoms with Gasteiger partial charge in [0.2, 0.25) is 0 Å². The summed E-state index contributed by atoms with van der Waals surface area (Å²) >= 11 is 0. The first-order chi connectivity index (χ1) is 18.3. The number of phenolic OH excluding ortho intramolecular Hbond substituents is 1. The number of pyridine rings is 1. The van der Waals surface area contributed by atoms with E-state index in [0.29, 0.717) is 23.4 Å². The number of phenols is 1. The van der Waals surface area contributed by atoms with Crippen LogP contribution in [0.5, 0.6) is 17.2 Å². The molecule has 4 bridgehead atoms. The smallest absolute Gasteiger partial charge is 0.252 e. The average molecular weight is 516 g/mol. The number of aromatic hydroxyl groups is 2. The van der Waals surface area contributed by atoms with Crippen LogP contribution in [-0.2, 0) is 23.2 Å². The number of ether oxygens (including phenoxy) is 1. The van der Waals surface area contributed by atoms with Crippen molar-refractivity contribution in [3.8, 4) is 17.2 Å². The number of aliphatic hydroxyl groups is 1. The number of hydrogen-bond acceptors (Lipinski definition) is 7. The maximum atomic E-state index is 14.1. The van der Waals surface area contributed by atoms with Gasteiger partial charge in [0.1, 0.15) is 23.1 Å². The lowest BCUT2D eigenvalue weighted by Gasteiger charge is -2.70. The van der Waals surface area contributed by atoms with Crippen molar-refractivity contribution in [2.75, 3.05) is 20.1 Å². The van der Waals surface area contributed by atoms with Crippen molar-refractivity contribution in [1.29, 1.82) is 0 Å². The van der Waals surface area contributed by atoms with Crippen molar-refractivity contribution in [3.63, 3.8) is 0 Å². The topological polar surface area (TPSA) is 106 Å². The summed E-state index contributed by atoms with van der Waals surface area (Å²) < 4.78 is 6.58. The molecular formula is C30H33N3O5. The van der Waals surface area contributed by atoms with Gasteiger partial charge in [-0.25, -0.2) is 0 Å². The van der Waals surface area contributed by atoms with E-state index in [-0.39, 0.29) is 35.4 Å². The van der Waals surface area contributed by atoms with Crippen LogP contribution in [0.4, 0.5) is 0 Å². The molecule has 38 heavy (non-hydrogen) atoms. The van der Waals surface area contributed by atoms with Crippen molar-refractivity contribution in [1.82, 2.24) is 14.8 Å². The molecule has 2 saturated carbocycles. The molecule has 2 spiro atoms. The van der Waals surface area contributed by atoms with Gasteiger partial charge in [-0.2, -0.15) is 0 Å². The molecule has 5 aliphatic carbocycles. The number of likely N-dealkylation sites (tertiary alicyclic amines) is 1. The van der Waals surface area contributed by atoms with Crippen LogP contribution in [0.1, 0.15) is 48.9 Å². The van der Waals surface area contributed by atoms with Crippen LogP contribution in [-0.4, -0.2) is 73.9 Å². The molecule has 5 atom stereocenters. The van der Waals surface area contributed by atoms with Gasteiger partial charge < -0.3 is 25.0 Å². The molecule has 3 heterocycles. The molecule has 1 aromatic heterocycles. The van der Waals surface area contributed by atoms with Crippen molar-refractivity contribution in [2.45, 2.75) is 68.2 Å². The Hall–Kier alpha value is -3.10. The van der Waals surface area contributed by atoms with E-state index in [1.54, 1.807) is 31.4 Å². The first kappa shape index (κ1) is 22.8. The van der Waals surface area contributed by atoms with Crippen molar-refractivity contribution in [2.24, 2.45) is 11.3 Å². The van der Waals surface area contributed by atoms with E-state index in [9.17, 15) is 20.1 Å². The highest BCUT2D eigenvalue weighted by atomic mass is 16.5. The third kappa shape index (κ3) is 2.63. The van der Waals surface area contributed by atoms with Crippen molar-refractivity contribution < 1.29 is 24.9 Å². The number of amides is 1. The Morgan fingerprint density at radius 1 is 1.18 bits per heavy atom. The molecular weight excluding hydrogens is 482 g/mol. The SMILES string of the molecule is CN(Cc1ncccc1O)C(=O)C1=C[C@@]23CC[C@]1(O)[C@@H]1Oc4c(O)ccc5c4[C@@]12CCN(CC1CC1)[C@@H]3C5. The fraction of sp³-hybridized carbons (Fsp3) is 0.533. The second kappa shape index (κ2) is 7.30. The molecule has 0 radical (unpaired) electrons. The Morgan fingerprint density at radius 3 is 2.82 bits per heavy atom. The van der Waals surface area contributed by atoms with E-state index in [1.165, 1.54) is 23.3 Å². The Labute approximate surface area is 221 Å². The summed E-state index contributed by atoms with van der Waals surface area (Å²) in [5.74, 6) is 1.13. The Bertz CT molecular complexity index is 1420. The summed E-state index contributed by atoms with van der Waals surface area (Å²) in [6.45, 7) is 2.14. The van der Waals surface area contributed by atoms with E-state index < -0.39 is 17.1 Å². The van der Waals surface area contributed by atoms with E-state index in [0.717, 1.165) is 43.8 Å². The fourth-order valence-electron chi connectivity index (χ4n) is 8.85. The summed E-state index contributed by atoms with van der Waals surface area (Å²) in [5, 5.41) is 33.5. The summed E-state index contributed by atoms with van der Waals surface area (Å²) in [5.41, 5.74) is 0.776. The molecule has 1 aromatic carbocycles. The third-order valence-corrected chi connectivity index (χ3v) is 10.7. The number of hydrogen-bond donors (Lipinski definition) is 3. The first-order valence-corrected chi connectivity index (χ1v) is 13.9. The van der Waals surface area contributed by atoms with Crippen LogP contribution in [0.15, 0.2) is 42.1 Å². The zero-order chi connectivity index (χ0) is 26.0. The summed E-state index contributed by atoms with van der Waals surface area (Å²) in [6.07, 6.45) is 8.57. The largest absolute Gasteiger partial charge is 0.506 e. The number of nitrogens with zero attached hydrogens (tertiary/aromatic N) is 3. The predicted octanol–water partition coefficient (Wildman–Crippen LogP) is 2.64. The zero-order valence-corrected chi connectivity index (χ0v) is 21.6.